The van der Waals surface area contributed by atoms with Crippen LogP contribution in [0.3, 0.4) is 0 Å². The van der Waals surface area contributed by atoms with E-state index in [1.165, 1.54) is 0 Å². The number of quaternary nitrogens is 1. The average Bonchev–Trinajstić information content (AvgIpc) is 2.02. The van der Waals surface area contributed by atoms with Crippen LogP contribution in [-0.2, 0) is 9.53 Å². The minimum atomic E-state index is -0.314. The first-order valence-corrected chi connectivity index (χ1v) is 4.42. The lowest BCUT2D eigenvalue weighted by atomic mass is 10.4. The molecular formula is C8H17N4O2+. The summed E-state index contributed by atoms with van der Waals surface area (Å²) in [4.78, 5) is 13.5. The molecule has 0 aromatic rings. The number of azide groups is 1. The van der Waals surface area contributed by atoms with Gasteiger partial charge in [-0.2, -0.15) is 0 Å². The summed E-state index contributed by atoms with van der Waals surface area (Å²) in [6.07, 6.45) is 0.154. The van der Waals surface area contributed by atoms with Crippen LogP contribution in [0.4, 0.5) is 0 Å². The molecule has 0 heterocycles. The van der Waals surface area contributed by atoms with Crippen molar-refractivity contribution in [3.8, 4) is 0 Å². The monoisotopic (exact) mass is 201 g/mol. The Kier molecular flexibility index (Phi) is 5.67. The third-order valence-corrected chi connectivity index (χ3v) is 1.50. The second-order valence-corrected chi connectivity index (χ2v) is 3.94. The van der Waals surface area contributed by atoms with Gasteiger partial charge in [-0.15, -0.1) is 0 Å². The number of rotatable bonds is 6. The van der Waals surface area contributed by atoms with Crippen molar-refractivity contribution in [2.24, 2.45) is 5.11 Å². The quantitative estimate of drug-likeness (QED) is 0.211. The van der Waals surface area contributed by atoms with Crippen LogP contribution in [-0.4, -0.2) is 51.3 Å². The Morgan fingerprint density at radius 2 is 2.14 bits per heavy atom. The summed E-state index contributed by atoms with van der Waals surface area (Å²) in [5.74, 6) is -0.314. The van der Waals surface area contributed by atoms with Crippen molar-refractivity contribution in [2.45, 2.75) is 6.42 Å². The van der Waals surface area contributed by atoms with Gasteiger partial charge in [-0.1, -0.05) is 5.11 Å². The summed E-state index contributed by atoms with van der Waals surface area (Å²) < 4.78 is 5.68. The van der Waals surface area contributed by atoms with Crippen LogP contribution in [0.2, 0.25) is 0 Å². The van der Waals surface area contributed by atoms with Crippen molar-refractivity contribution in [2.75, 3.05) is 40.8 Å². The SMILES string of the molecule is C[N+](C)(C)CCOC(=O)CCN=[N+]=[N-]. The van der Waals surface area contributed by atoms with Crippen LogP contribution in [0, 0.1) is 0 Å². The topological polar surface area (TPSA) is 75.1 Å². The molecule has 14 heavy (non-hydrogen) atoms. The molecule has 0 atom stereocenters. The van der Waals surface area contributed by atoms with Gasteiger partial charge in [0.05, 0.1) is 27.6 Å². The Balaban J connectivity index is 3.50. The minimum absolute atomic E-state index is 0.154. The summed E-state index contributed by atoms with van der Waals surface area (Å²) in [7, 11) is 6.06. The molecular weight excluding hydrogens is 184 g/mol. The fourth-order valence-corrected chi connectivity index (χ4v) is 0.692. The fourth-order valence-electron chi connectivity index (χ4n) is 0.692. The molecule has 0 spiro atoms. The zero-order valence-electron chi connectivity index (χ0n) is 8.93. The van der Waals surface area contributed by atoms with E-state index in [4.69, 9.17) is 10.3 Å². The fraction of sp³-hybridized carbons (Fsp3) is 0.875. The van der Waals surface area contributed by atoms with Gasteiger partial charge in [0.2, 0.25) is 0 Å². The standard InChI is InChI=1S/C8H17N4O2/c1-12(2,3)6-7-14-8(13)4-5-10-11-9/h4-7H2,1-3H3/q+1. The summed E-state index contributed by atoms with van der Waals surface area (Å²) in [5.41, 5.74) is 7.97. The Bertz CT molecular complexity index is 228. The molecule has 80 valence electrons. The van der Waals surface area contributed by atoms with Gasteiger partial charge < -0.3 is 9.22 Å². The van der Waals surface area contributed by atoms with Crippen molar-refractivity contribution < 1.29 is 14.0 Å². The number of nitrogens with zero attached hydrogens (tertiary/aromatic N) is 4. The average molecular weight is 201 g/mol. The van der Waals surface area contributed by atoms with E-state index in [2.05, 4.69) is 10.0 Å². The van der Waals surface area contributed by atoms with Gasteiger partial charge in [0, 0.05) is 11.5 Å². The highest BCUT2D eigenvalue weighted by molar-refractivity contribution is 5.69. The Hall–Kier alpha value is -1.26. The maximum Gasteiger partial charge on any atom is 0.306 e. The molecule has 0 unspecified atom stereocenters. The van der Waals surface area contributed by atoms with E-state index in [0.717, 1.165) is 11.0 Å². The van der Waals surface area contributed by atoms with E-state index in [-0.39, 0.29) is 18.9 Å². The van der Waals surface area contributed by atoms with Gasteiger partial charge in [0.25, 0.3) is 0 Å². The summed E-state index contributed by atoms with van der Waals surface area (Å²) in [5, 5.41) is 3.24. The van der Waals surface area contributed by atoms with E-state index in [1.54, 1.807) is 0 Å². The van der Waals surface area contributed by atoms with E-state index in [9.17, 15) is 4.79 Å². The predicted molar refractivity (Wildman–Crippen MR) is 52.5 cm³/mol. The maximum absolute atomic E-state index is 11.0. The Morgan fingerprint density at radius 1 is 1.50 bits per heavy atom. The number of esters is 1. The van der Waals surface area contributed by atoms with Gasteiger partial charge in [0.15, 0.2) is 0 Å². The molecule has 0 amide bonds. The van der Waals surface area contributed by atoms with Crippen molar-refractivity contribution in [1.29, 1.82) is 0 Å². The number of hydrogen-bond acceptors (Lipinski definition) is 3. The zero-order chi connectivity index (χ0) is 11.0. The van der Waals surface area contributed by atoms with Crippen molar-refractivity contribution in [3.05, 3.63) is 10.4 Å². The molecule has 0 aliphatic rings. The lowest BCUT2D eigenvalue weighted by Gasteiger charge is -2.23. The highest BCUT2D eigenvalue weighted by atomic mass is 16.5. The first-order chi connectivity index (χ1) is 6.45. The number of carbonyl (C=O) groups is 1. The number of carbonyl (C=O) groups excluding carboxylic acids is 1. The van der Waals surface area contributed by atoms with E-state index < -0.39 is 0 Å². The summed E-state index contributed by atoms with van der Waals surface area (Å²) in [6, 6.07) is 0. The van der Waals surface area contributed by atoms with Gasteiger partial charge in [0.1, 0.15) is 13.2 Å². The van der Waals surface area contributed by atoms with Gasteiger partial charge in [-0.05, 0) is 5.53 Å². The summed E-state index contributed by atoms with van der Waals surface area (Å²) >= 11 is 0. The van der Waals surface area contributed by atoms with Crippen molar-refractivity contribution in [1.82, 2.24) is 0 Å². The van der Waals surface area contributed by atoms with Crippen LogP contribution in [0.15, 0.2) is 5.11 Å². The van der Waals surface area contributed by atoms with Gasteiger partial charge in [-0.3, -0.25) is 4.79 Å². The zero-order valence-corrected chi connectivity index (χ0v) is 8.93. The highest BCUT2D eigenvalue weighted by Gasteiger charge is 2.08. The highest BCUT2D eigenvalue weighted by Crippen LogP contribution is 1.92. The minimum Gasteiger partial charge on any atom is -0.460 e. The molecule has 0 aromatic heterocycles. The lowest BCUT2D eigenvalue weighted by Crippen LogP contribution is -2.38. The molecule has 0 rings (SSSR count). The van der Waals surface area contributed by atoms with Crippen LogP contribution in [0.25, 0.3) is 10.4 Å². The van der Waals surface area contributed by atoms with E-state index >= 15 is 0 Å². The molecule has 0 aliphatic carbocycles. The lowest BCUT2D eigenvalue weighted by molar-refractivity contribution is -0.870. The largest absolute Gasteiger partial charge is 0.460 e. The third kappa shape index (κ3) is 8.83. The molecule has 0 aliphatic heterocycles. The number of likely N-dealkylation sites (N-methyl/N-ethyl adjacent to an activating group) is 1. The molecule has 6 heteroatoms. The van der Waals surface area contributed by atoms with Gasteiger partial charge in [-0.25, -0.2) is 0 Å². The number of hydrogen-bond donors (Lipinski definition) is 0. The molecule has 0 saturated carbocycles. The molecule has 0 bridgehead atoms. The van der Waals surface area contributed by atoms with Crippen LogP contribution in [0.1, 0.15) is 6.42 Å². The smallest absolute Gasteiger partial charge is 0.306 e. The second kappa shape index (κ2) is 6.23. The first-order valence-electron chi connectivity index (χ1n) is 4.42. The summed E-state index contributed by atoms with van der Waals surface area (Å²) in [6.45, 7) is 1.34. The van der Waals surface area contributed by atoms with Crippen LogP contribution >= 0.6 is 0 Å². The Labute approximate surface area is 83.7 Å². The third-order valence-electron chi connectivity index (χ3n) is 1.50. The normalized spacial score (nSPS) is 10.5. The van der Waals surface area contributed by atoms with Crippen LogP contribution < -0.4 is 0 Å². The molecule has 0 saturated heterocycles. The molecule has 0 radical (unpaired) electrons. The van der Waals surface area contributed by atoms with Crippen LogP contribution in [0.5, 0.6) is 0 Å². The molecule has 0 N–H and O–H groups in total. The maximum atomic E-state index is 11.0. The molecule has 0 fully saturated rings. The number of ether oxygens (including phenoxy) is 1. The second-order valence-electron chi connectivity index (χ2n) is 3.94. The first kappa shape index (κ1) is 12.7. The van der Waals surface area contributed by atoms with E-state index in [1.807, 2.05) is 21.1 Å². The van der Waals surface area contributed by atoms with E-state index in [0.29, 0.717) is 6.61 Å². The van der Waals surface area contributed by atoms with Crippen molar-refractivity contribution >= 4 is 5.97 Å². The Morgan fingerprint density at radius 3 is 2.64 bits per heavy atom. The molecule has 0 aromatic carbocycles. The van der Waals surface area contributed by atoms with Gasteiger partial charge >= 0.3 is 5.97 Å². The predicted octanol–water partition coefficient (Wildman–Crippen LogP) is 0.936. The molecule has 6 nitrogen and oxygen atoms in total. The van der Waals surface area contributed by atoms with Crippen molar-refractivity contribution in [3.63, 3.8) is 0 Å².